The molecule has 0 N–H and O–H groups in total. The van der Waals surface area contributed by atoms with Crippen molar-refractivity contribution in [3.05, 3.63) is 42.6 Å². The Morgan fingerprint density at radius 2 is 1.96 bits per heavy atom. The van der Waals surface area contributed by atoms with Gasteiger partial charge in [0.15, 0.2) is 11.6 Å². The minimum atomic E-state index is 0.264. The molecule has 0 bridgehead atoms. The van der Waals surface area contributed by atoms with E-state index in [2.05, 4.69) is 30.1 Å². The van der Waals surface area contributed by atoms with E-state index >= 15 is 0 Å². The van der Waals surface area contributed by atoms with Crippen LogP contribution < -0.4 is 4.90 Å². The summed E-state index contributed by atoms with van der Waals surface area (Å²) >= 11 is 0. The molecule has 0 radical (unpaired) electrons. The first-order valence-electron chi connectivity index (χ1n) is 8.27. The first-order chi connectivity index (χ1) is 11.9. The van der Waals surface area contributed by atoms with E-state index in [1.807, 2.05) is 12.3 Å². The van der Waals surface area contributed by atoms with Gasteiger partial charge in [-0.1, -0.05) is 5.16 Å². The Hall–Kier alpha value is -2.77. The lowest BCUT2D eigenvalue weighted by Gasteiger charge is -2.16. The molecule has 4 heterocycles. The standard InChI is InChI=1S/C16H17N7O/c1-5-18-23(6-1)14-9-17-8-13(19-14)22-7-4-12(10-22)16-20-15(21-24-16)11-2-3-11/h1,5-6,8-9,11-12H,2-4,7,10H2/t12-/m1/s1. The third-order valence-corrected chi connectivity index (χ3v) is 4.61. The predicted molar refractivity (Wildman–Crippen MR) is 85.0 cm³/mol. The van der Waals surface area contributed by atoms with Crippen LogP contribution in [0.1, 0.15) is 42.8 Å². The van der Waals surface area contributed by atoms with Crippen LogP contribution in [0, 0.1) is 0 Å². The second-order valence-electron chi connectivity index (χ2n) is 6.38. The summed E-state index contributed by atoms with van der Waals surface area (Å²) in [6.45, 7) is 1.73. The van der Waals surface area contributed by atoms with Gasteiger partial charge in [-0.3, -0.25) is 4.98 Å². The average Bonchev–Trinajstić information content (AvgIpc) is 3.07. The van der Waals surface area contributed by atoms with Gasteiger partial charge in [-0.25, -0.2) is 9.67 Å². The van der Waals surface area contributed by atoms with Gasteiger partial charge in [0.1, 0.15) is 5.82 Å². The summed E-state index contributed by atoms with van der Waals surface area (Å²) in [5, 5.41) is 8.33. The highest BCUT2D eigenvalue weighted by Crippen LogP contribution is 2.39. The van der Waals surface area contributed by atoms with Crippen molar-refractivity contribution in [2.24, 2.45) is 0 Å². The molecule has 1 saturated carbocycles. The summed E-state index contributed by atoms with van der Waals surface area (Å²) in [5.74, 6) is 4.00. The highest BCUT2D eigenvalue weighted by atomic mass is 16.5. The van der Waals surface area contributed by atoms with Gasteiger partial charge in [0.25, 0.3) is 0 Å². The van der Waals surface area contributed by atoms with Gasteiger partial charge in [0.05, 0.1) is 18.3 Å². The van der Waals surface area contributed by atoms with Gasteiger partial charge in [-0.05, 0) is 25.3 Å². The molecule has 1 aliphatic carbocycles. The molecule has 5 rings (SSSR count). The lowest BCUT2D eigenvalue weighted by atomic mass is 10.1. The Morgan fingerprint density at radius 1 is 1.04 bits per heavy atom. The summed E-state index contributed by atoms with van der Waals surface area (Å²) in [6, 6.07) is 1.87. The van der Waals surface area contributed by atoms with Crippen molar-refractivity contribution in [3.63, 3.8) is 0 Å². The monoisotopic (exact) mass is 323 g/mol. The number of hydrogen-bond acceptors (Lipinski definition) is 7. The molecular weight excluding hydrogens is 306 g/mol. The SMILES string of the molecule is c1cnn(-c2cncc(N3CC[C@@H](c4nc(C5CC5)no4)C3)n2)c1. The third-order valence-electron chi connectivity index (χ3n) is 4.61. The average molecular weight is 323 g/mol. The Bertz CT molecular complexity index is 840. The molecule has 2 aliphatic rings. The van der Waals surface area contributed by atoms with Crippen LogP contribution in [-0.4, -0.2) is 43.0 Å². The van der Waals surface area contributed by atoms with Crippen molar-refractivity contribution in [1.29, 1.82) is 0 Å². The van der Waals surface area contributed by atoms with Crippen LogP contribution in [0.4, 0.5) is 5.82 Å². The molecule has 3 aromatic rings. The highest BCUT2D eigenvalue weighted by molar-refractivity contribution is 5.41. The summed E-state index contributed by atoms with van der Waals surface area (Å²) in [7, 11) is 0. The van der Waals surface area contributed by atoms with Crippen molar-refractivity contribution in [1.82, 2.24) is 29.9 Å². The Kier molecular flexibility index (Phi) is 3.07. The zero-order valence-electron chi connectivity index (χ0n) is 13.1. The summed E-state index contributed by atoms with van der Waals surface area (Å²) < 4.78 is 7.19. The fourth-order valence-electron chi connectivity index (χ4n) is 3.10. The molecule has 0 aromatic carbocycles. The van der Waals surface area contributed by atoms with Crippen LogP contribution >= 0.6 is 0 Å². The zero-order valence-corrected chi connectivity index (χ0v) is 13.1. The maximum Gasteiger partial charge on any atom is 0.231 e. The smallest absolute Gasteiger partial charge is 0.231 e. The molecule has 1 aliphatic heterocycles. The molecule has 122 valence electrons. The topological polar surface area (TPSA) is 85.8 Å². The molecular formula is C16H17N7O. The normalized spacial score (nSPS) is 20.7. The van der Waals surface area contributed by atoms with Gasteiger partial charge in [-0.2, -0.15) is 10.1 Å². The minimum absolute atomic E-state index is 0.264. The Morgan fingerprint density at radius 3 is 2.79 bits per heavy atom. The van der Waals surface area contributed by atoms with Gasteiger partial charge < -0.3 is 9.42 Å². The number of nitrogens with zero attached hydrogens (tertiary/aromatic N) is 7. The fraction of sp³-hybridized carbons (Fsp3) is 0.438. The molecule has 3 aromatic heterocycles. The number of aromatic nitrogens is 6. The molecule has 8 heteroatoms. The molecule has 8 nitrogen and oxygen atoms in total. The largest absolute Gasteiger partial charge is 0.354 e. The van der Waals surface area contributed by atoms with E-state index < -0.39 is 0 Å². The lowest BCUT2D eigenvalue weighted by molar-refractivity contribution is 0.355. The van der Waals surface area contributed by atoms with E-state index in [1.54, 1.807) is 23.3 Å². The Balaban J connectivity index is 1.34. The van der Waals surface area contributed by atoms with Crippen LogP contribution in [-0.2, 0) is 0 Å². The first kappa shape index (κ1) is 13.6. The molecule has 0 spiro atoms. The zero-order chi connectivity index (χ0) is 15.9. The second kappa shape index (κ2) is 5.40. The number of rotatable bonds is 4. The van der Waals surface area contributed by atoms with Crippen LogP contribution in [0.5, 0.6) is 0 Å². The number of hydrogen-bond donors (Lipinski definition) is 0. The predicted octanol–water partition coefficient (Wildman–Crippen LogP) is 1.92. The van der Waals surface area contributed by atoms with Crippen LogP contribution in [0.3, 0.4) is 0 Å². The van der Waals surface area contributed by atoms with Crippen LogP contribution in [0.2, 0.25) is 0 Å². The van der Waals surface area contributed by atoms with Crippen molar-refractivity contribution < 1.29 is 4.52 Å². The van der Waals surface area contributed by atoms with E-state index in [-0.39, 0.29) is 5.92 Å². The Labute approximate surface area is 138 Å². The molecule has 1 saturated heterocycles. The van der Waals surface area contributed by atoms with E-state index in [9.17, 15) is 0 Å². The van der Waals surface area contributed by atoms with E-state index in [0.717, 1.165) is 42.9 Å². The summed E-state index contributed by atoms with van der Waals surface area (Å²) in [6.07, 6.45) is 10.5. The van der Waals surface area contributed by atoms with E-state index in [4.69, 9.17) is 4.52 Å². The third kappa shape index (κ3) is 2.44. The maximum absolute atomic E-state index is 5.48. The fourth-order valence-corrected chi connectivity index (χ4v) is 3.10. The second-order valence-corrected chi connectivity index (χ2v) is 6.38. The maximum atomic E-state index is 5.48. The van der Waals surface area contributed by atoms with E-state index in [1.165, 1.54) is 12.8 Å². The number of anilines is 1. The van der Waals surface area contributed by atoms with Crippen molar-refractivity contribution in [3.8, 4) is 5.82 Å². The quantitative estimate of drug-likeness (QED) is 0.725. The van der Waals surface area contributed by atoms with Crippen LogP contribution in [0.25, 0.3) is 5.82 Å². The molecule has 2 fully saturated rings. The van der Waals surface area contributed by atoms with Gasteiger partial charge in [0.2, 0.25) is 5.89 Å². The van der Waals surface area contributed by atoms with Crippen molar-refractivity contribution in [2.45, 2.75) is 31.1 Å². The van der Waals surface area contributed by atoms with Crippen molar-refractivity contribution >= 4 is 5.82 Å². The van der Waals surface area contributed by atoms with Gasteiger partial charge in [0, 0.05) is 31.4 Å². The first-order valence-corrected chi connectivity index (χ1v) is 8.27. The van der Waals surface area contributed by atoms with E-state index in [0.29, 0.717) is 5.92 Å². The lowest BCUT2D eigenvalue weighted by Crippen LogP contribution is -2.21. The molecule has 24 heavy (non-hydrogen) atoms. The molecule has 1 atom stereocenters. The van der Waals surface area contributed by atoms with Gasteiger partial charge >= 0.3 is 0 Å². The summed E-state index contributed by atoms with van der Waals surface area (Å²) in [5.41, 5.74) is 0. The van der Waals surface area contributed by atoms with Crippen LogP contribution in [0.15, 0.2) is 35.4 Å². The molecule has 0 amide bonds. The highest BCUT2D eigenvalue weighted by Gasteiger charge is 2.33. The molecule has 0 unspecified atom stereocenters. The summed E-state index contributed by atoms with van der Waals surface area (Å²) in [4.78, 5) is 15.8. The minimum Gasteiger partial charge on any atom is -0.354 e. The van der Waals surface area contributed by atoms with Crippen molar-refractivity contribution in [2.75, 3.05) is 18.0 Å². The van der Waals surface area contributed by atoms with Gasteiger partial charge in [-0.15, -0.1) is 0 Å².